The van der Waals surface area contributed by atoms with Crippen LogP contribution in [0.4, 0.5) is 0 Å². The molecule has 5 fully saturated rings. The van der Waals surface area contributed by atoms with Crippen LogP contribution in [0.3, 0.4) is 0 Å². The van der Waals surface area contributed by atoms with Gasteiger partial charge in [0, 0.05) is 35.7 Å². The summed E-state index contributed by atoms with van der Waals surface area (Å²) in [5, 5.41) is 0. The van der Waals surface area contributed by atoms with Crippen molar-refractivity contribution >= 4 is 23.7 Å². The molecule has 0 amide bonds. The van der Waals surface area contributed by atoms with Gasteiger partial charge in [-0.3, -0.25) is 14.4 Å². The molecule has 1 spiro atoms. The molecular formula is C28H34O9. The lowest BCUT2D eigenvalue weighted by atomic mass is 9.37. The van der Waals surface area contributed by atoms with Gasteiger partial charge >= 0.3 is 17.9 Å². The van der Waals surface area contributed by atoms with Crippen LogP contribution in [0, 0.1) is 28.1 Å². The van der Waals surface area contributed by atoms with Crippen LogP contribution in [0.1, 0.15) is 78.9 Å². The molecule has 0 bridgehead atoms. The predicted molar refractivity (Wildman–Crippen MR) is 126 cm³/mol. The first-order chi connectivity index (χ1) is 17.2. The van der Waals surface area contributed by atoms with E-state index in [1.54, 1.807) is 12.3 Å². The minimum Gasteiger partial charge on any atom is -0.472 e. The summed E-state index contributed by atoms with van der Waals surface area (Å²) in [6.07, 6.45) is 2.06. The Bertz CT molecular complexity index is 1200. The highest BCUT2D eigenvalue weighted by Crippen LogP contribution is 2.78. The Labute approximate surface area is 215 Å². The molecule has 4 heterocycles. The fourth-order valence-electron chi connectivity index (χ4n) is 9.24. The van der Waals surface area contributed by atoms with Gasteiger partial charge in [0.2, 0.25) is 0 Å². The normalized spacial score (nSPS) is 47.7. The van der Waals surface area contributed by atoms with Gasteiger partial charge < -0.3 is 23.4 Å². The van der Waals surface area contributed by atoms with E-state index in [-0.39, 0.29) is 30.5 Å². The van der Waals surface area contributed by atoms with Crippen LogP contribution in [0.15, 0.2) is 23.0 Å². The first kappa shape index (κ1) is 24.6. The first-order valence-corrected chi connectivity index (χ1v) is 13.1. The second-order valence-corrected chi connectivity index (χ2v) is 12.7. The molecule has 3 saturated heterocycles. The number of esters is 3. The molecular weight excluding hydrogens is 480 g/mol. The van der Waals surface area contributed by atoms with Crippen molar-refractivity contribution in [2.45, 2.75) is 96.7 Å². The zero-order valence-corrected chi connectivity index (χ0v) is 22.1. The molecule has 0 N–H and O–H groups in total. The van der Waals surface area contributed by atoms with E-state index in [2.05, 4.69) is 0 Å². The number of ether oxygens (including phenoxy) is 4. The van der Waals surface area contributed by atoms with E-state index in [1.165, 1.54) is 13.2 Å². The monoisotopic (exact) mass is 514 g/mol. The van der Waals surface area contributed by atoms with E-state index in [9.17, 15) is 19.2 Å². The van der Waals surface area contributed by atoms with Gasteiger partial charge in [-0.05, 0) is 45.6 Å². The van der Waals surface area contributed by atoms with E-state index in [4.69, 9.17) is 23.4 Å². The van der Waals surface area contributed by atoms with Gasteiger partial charge in [-0.1, -0.05) is 13.8 Å². The number of furan rings is 1. The van der Waals surface area contributed by atoms with Crippen molar-refractivity contribution in [3.8, 4) is 0 Å². The summed E-state index contributed by atoms with van der Waals surface area (Å²) in [6.45, 7) is 11.0. The average molecular weight is 515 g/mol. The number of hydrogen-bond acceptors (Lipinski definition) is 9. The summed E-state index contributed by atoms with van der Waals surface area (Å²) < 4.78 is 29.3. The van der Waals surface area contributed by atoms with Gasteiger partial charge in [0.05, 0.1) is 24.4 Å². The van der Waals surface area contributed by atoms with E-state index in [0.717, 1.165) is 5.56 Å². The molecule has 6 rings (SSSR count). The van der Waals surface area contributed by atoms with Crippen molar-refractivity contribution in [3.05, 3.63) is 24.2 Å². The Kier molecular flexibility index (Phi) is 4.82. The fraction of sp³-hybridized carbons (Fsp3) is 0.714. The Morgan fingerprint density at radius 2 is 1.76 bits per heavy atom. The Morgan fingerprint density at radius 1 is 1.03 bits per heavy atom. The Morgan fingerprint density at radius 3 is 2.41 bits per heavy atom. The van der Waals surface area contributed by atoms with Gasteiger partial charge in [-0.15, -0.1) is 0 Å². The highest BCUT2D eigenvalue weighted by Gasteiger charge is 2.88. The Hall–Kier alpha value is -2.68. The molecule has 1 aromatic heterocycles. The molecule has 5 aliphatic rings. The summed E-state index contributed by atoms with van der Waals surface area (Å²) in [4.78, 5) is 52.7. The molecule has 9 heteroatoms. The molecule has 1 aromatic rings. The van der Waals surface area contributed by atoms with Gasteiger partial charge in [0.1, 0.15) is 29.2 Å². The maximum absolute atomic E-state index is 14.4. The number of fused-ring (bicyclic) bond motifs is 3. The van der Waals surface area contributed by atoms with E-state index < -0.39 is 63.7 Å². The van der Waals surface area contributed by atoms with Crippen LogP contribution in [0.2, 0.25) is 0 Å². The van der Waals surface area contributed by atoms with Gasteiger partial charge in [0.15, 0.2) is 6.10 Å². The van der Waals surface area contributed by atoms with Crippen molar-refractivity contribution in [2.75, 3.05) is 0 Å². The predicted octanol–water partition coefficient (Wildman–Crippen LogP) is 3.69. The quantitative estimate of drug-likeness (QED) is 0.330. The molecule has 0 unspecified atom stereocenters. The smallest absolute Gasteiger partial charge is 0.339 e. The first-order valence-electron chi connectivity index (χ1n) is 13.1. The number of hydrogen-bond donors (Lipinski definition) is 0. The van der Waals surface area contributed by atoms with E-state index in [0.29, 0.717) is 12.8 Å². The summed E-state index contributed by atoms with van der Waals surface area (Å²) in [5.74, 6) is -2.18. The van der Waals surface area contributed by atoms with Crippen LogP contribution in [0.5, 0.6) is 0 Å². The minimum atomic E-state index is -1.09. The van der Waals surface area contributed by atoms with Crippen LogP contribution in [0.25, 0.3) is 0 Å². The van der Waals surface area contributed by atoms with Crippen molar-refractivity contribution < 1.29 is 42.5 Å². The Balaban J connectivity index is 1.54. The van der Waals surface area contributed by atoms with Crippen molar-refractivity contribution in [3.63, 3.8) is 0 Å². The fourth-order valence-corrected chi connectivity index (χ4v) is 9.24. The number of Topliss-reactive ketones (excluding diaryl/α,β-unsaturated/α-hetero) is 1. The number of carbonyl (C=O) groups excluding carboxylic acids is 4. The molecule has 0 aromatic carbocycles. The highest BCUT2D eigenvalue weighted by atomic mass is 16.7. The van der Waals surface area contributed by atoms with Crippen molar-refractivity contribution in [1.82, 2.24) is 0 Å². The zero-order valence-electron chi connectivity index (χ0n) is 22.1. The summed E-state index contributed by atoms with van der Waals surface area (Å²) in [5.41, 5.74) is -3.88. The van der Waals surface area contributed by atoms with Gasteiger partial charge in [0.25, 0.3) is 0 Å². The number of cyclic esters (lactones) is 2. The van der Waals surface area contributed by atoms with Crippen LogP contribution in [-0.4, -0.2) is 47.1 Å². The minimum absolute atomic E-state index is 0.0263. The van der Waals surface area contributed by atoms with Gasteiger partial charge in [-0.2, -0.15) is 0 Å². The molecule has 200 valence electrons. The van der Waals surface area contributed by atoms with Crippen molar-refractivity contribution in [1.29, 1.82) is 0 Å². The van der Waals surface area contributed by atoms with Gasteiger partial charge in [-0.25, -0.2) is 4.79 Å². The lowest BCUT2D eigenvalue weighted by Crippen LogP contribution is -2.72. The molecule has 0 radical (unpaired) electrons. The second-order valence-electron chi connectivity index (χ2n) is 12.7. The zero-order chi connectivity index (χ0) is 26.8. The van der Waals surface area contributed by atoms with E-state index >= 15 is 0 Å². The maximum atomic E-state index is 14.4. The summed E-state index contributed by atoms with van der Waals surface area (Å²) in [7, 11) is 0. The number of rotatable bonds is 2. The largest absolute Gasteiger partial charge is 0.472 e. The third-order valence-corrected chi connectivity index (χ3v) is 10.8. The second kappa shape index (κ2) is 7.24. The highest BCUT2D eigenvalue weighted by molar-refractivity contribution is 5.93. The average Bonchev–Trinajstić information content (AvgIpc) is 3.38. The standard InChI is InChI=1S/C28H34O9/c1-14(29)34-19-12-20(31)36-24(2,3)17-11-18(30)27(6)16(26(17,19)5)7-9-25(4)21(15-8-10-33-13-15)35-23(32)22-28(25,27)37-22/h8,10,13,16-17,19,21-22H,7,9,11-12H2,1-6H3/t16-,17+,19+,21+,22-,25+,26-,27+,28-/m0/s1. The summed E-state index contributed by atoms with van der Waals surface area (Å²) in [6, 6.07) is 1.78. The molecule has 9 atom stereocenters. The van der Waals surface area contributed by atoms with Crippen LogP contribution >= 0.6 is 0 Å². The maximum Gasteiger partial charge on any atom is 0.339 e. The van der Waals surface area contributed by atoms with Crippen molar-refractivity contribution in [2.24, 2.45) is 28.1 Å². The van der Waals surface area contributed by atoms with Crippen LogP contribution in [-0.2, 0) is 38.1 Å². The molecule has 2 saturated carbocycles. The molecule has 37 heavy (non-hydrogen) atoms. The summed E-state index contributed by atoms with van der Waals surface area (Å²) >= 11 is 0. The number of carbonyl (C=O) groups is 4. The van der Waals surface area contributed by atoms with E-state index in [1.807, 2.05) is 34.6 Å². The topological polar surface area (TPSA) is 122 Å². The van der Waals surface area contributed by atoms with Crippen LogP contribution < -0.4 is 0 Å². The lowest BCUT2D eigenvalue weighted by molar-refractivity contribution is -0.234. The third kappa shape index (κ3) is 2.79. The molecule has 3 aliphatic heterocycles. The lowest BCUT2D eigenvalue weighted by Gasteiger charge is -2.66. The SMILES string of the molecule is CC(=O)O[C@@H]1CC(=O)OC(C)(C)[C@H]2CC(=O)[C@@]3(C)[C@@H](CC[C@]4(C)[C@@H](c5ccoc5)OC(=O)[C@@H]5O[C@]534)[C@@]21C. The molecule has 9 nitrogen and oxygen atoms in total. The molecule has 2 aliphatic carbocycles. The third-order valence-electron chi connectivity index (χ3n) is 10.8. The number of ketones is 1. The number of epoxide rings is 1.